The van der Waals surface area contributed by atoms with Crippen molar-refractivity contribution in [1.82, 2.24) is 25.0 Å². The first-order valence-electron chi connectivity index (χ1n) is 6.54. The molecule has 21 heavy (non-hydrogen) atoms. The highest BCUT2D eigenvalue weighted by molar-refractivity contribution is 7.90. The third kappa shape index (κ3) is 3.30. The normalized spacial score (nSPS) is 11.5. The van der Waals surface area contributed by atoms with Crippen molar-refractivity contribution in [2.24, 2.45) is 7.05 Å². The molecule has 1 aromatic heterocycles. The molecule has 0 aliphatic heterocycles. The van der Waals surface area contributed by atoms with E-state index in [-0.39, 0.29) is 10.4 Å². The van der Waals surface area contributed by atoms with Gasteiger partial charge >= 0.3 is 6.03 Å². The van der Waals surface area contributed by atoms with Crippen molar-refractivity contribution >= 4 is 27.1 Å². The topological polar surface area (TPSA) is 106 Å². The number of nitrogens with zero attached hydrogens (tertiary/aromatic N) is 3. The number of rotatable bonds is 5. The molecule has 0 atom stereocenters. The molecule has 0 aliphatic carbocycles. The maximum absolute atomic E-state index is 12.2. The lowest BCUT2D eigenvalue weighted by molar-refractivity contribution is 0.245. The molecule has 1 heterocycles. The Bertz CT molecular complexity index is 753. The fourth-order valence-electron chi connectivity index (χ4n) is 1.84. The van der Waals surface area contributed by atoms with Gasteiger partial charge in [-0.25, -0.2) is 22.6 Å². The molecule has 0 spiro atoms. The molecule has 0 fully saturated rings. The van der Waals surface area contributed by atoms with Gasteiger partial charge in [-0.15, -0.1) is 5.10 Å². The maximum Gasteiger partial charge on any atom is 0.328 e. The Morgan fingerprint density at radius 3 is 2.86 bits per heavy atom. The fraction of sp³-hybridized carbons (Fsp3) is 0.417. The zero-order valence-electron chi connectivity index (χ0n) is 11.8. The van der Waals surface area contributed by atoms with E-state index in [1.54, 1.807) is 19.2 Å². The number of urea groups is 1. The number of aryl methyl sites for hydroxylation is 1. The summed E-state index contributed by atoms with van der Waals surface area (Å²) in [6.07, 6.45) is 1.69. The first-order valence-corrected chi connectivity index (χ1v) is 8.03. The van der Waals surface area contributed by atoms with Crippen LogP contribution in [0.15, 0.2) is 23.1 Å². The quantitative estimate of drug-likeness (QED) is 0.793. The van der Waals surface area contributed by atoms with Gasteiger partial charge in [0, 0.05) is 13.6 Å². The van der Waals surface area contributed by atoms with Gasteiger partial charge in [0.25, 0.3) is 10.0 Å². The van der Waals surface area contributed by atoms with Crippen LogP contribution in [0.4, 0.5) is 4.79 Å². The van der Waals surface area contributed by atoms with Gasteiger partial charge < -0.3 is 5.32 Å². The molecule has 0 saturated heterocycles. The average molecular weight is 311 g/mol. The number of amides is 2. The summed E-state index contributed by atoms with van der Waals surface area (Å²) in [7, 11) is -2.32. The molecule has 2 N–H and O–H groups in total. The average Bonchev–Trinajstić information content (AvgIpc) is 2.80. The van der Waals surface area contributed by atoms with E-state index in [1.165, 1.54) is 10.7 Å². The summed E-state index contributed by atoms with van der Waals surface area (Å²) in [6.45, 7) is 2.40. The lowest BCUT2D eigenvalue weighted by Crippen LogP contribution is -2.39. The van der Waals surface area contributed by atoms with E-state index < -0.39 is 16.1 Å². The highest BCUT2D eigenvalue weighted by atomic mass is 32.2. The molecule has 0 radical (unpaired) electrons. The predicted octanol–water partition coefficient (Wildman–Crippen LogP) is 0.756. The van der Waals surface area contributed by atoms with Crippen molar-refractivity contribution in [2.45, 2.75) is 24.7 Å². The Balaban J connectivity index is 2.24. The Morgan fingerprint density at radius 1 is 1.38 bits per heavy atom. The Kier molecular flexibility index (Phi) is 4.41. The van der Waals surface area contributed by atoms with Crippen molar-refractivity contribution in [2.75, 3.05) is 6.54 Å². The van der Waals surface area contributed by atoms with Crippen molar-refractivity contribution in [1.29, 1.82) is 0 Å². The van der Waals surface area contributed by atoms with E-state index in [0.717, 1.165) is 12.8 Å². The summed E-state index contributed by atoms with van der Waals surface area (Å²) >= 11 is 0. The highest BCUT2D eigenvalue weighted by Crippen LogP contribution is 2.19. The molecule has 1 aromatic carbocycles. The van der Waals surface area contributed by atoms with Gasteiger partial charge in [0.2, 0.25) is 0 Å². The van der Waals surface area contributed by atoms with Crippen molar-refractivity contribution in [3.63, 3.8) is 0 Å². The van der Waals surface area contributed by atoms with Crippen LogP contribution in [0.5, 0.6) is 0 Å². The minimum atomic E-state index is -3.99. The maximum atomic E-state index is 12.2. The van der Waals surface area contributed by atoms with E-state index in [2.05, 4.69) is 15.6 Å². The van der Waals surface area contributed by atoms with E-state index in [4.69, 9.17) is 0 Å². The van der Waals surface area contributed by atoms with Gasteiger partial charge in [-0.3, -0.25) is 0 Å². The summed E-state index contributed by atoms with van der Waals surface area (Å²) < 4.78 is 27.9. The van der Waals surface area contributed by atoms with Crippen LogP contribution in [-0.2, 0) is 17.1 Å². The molecule has 2 aromatic rings. The van der Waals surface area contributed by atoms with Crippen LogP contribution < -0.4 is 10.0 Å². The number of aromatic nitrogens is 3. The van der Waals surface area contributed by atoms with Crippen LogP contribution in [0, 0.1) is 0 Å². The van der Waals surface area contributed by atoms with Crippen LogP contribution in [0.1, 0.15) is 19.8 Å². The first-order chi connectivity index (χ1) is 9.95. The molecule has 9 heteroatoms. The minimum absolute atomic E-state index is 0.0706. The van der Waals surface area contributed by atoms with Crippen molar-refractivity contribution in [3.8, 4) is 0 Å². The Hall–Kier alpha value is -2.16. The van der Waals surface area contributed by atoms with Crippen molar-refractivity contribution in [3.05, 3.63) is 18.2 Å². The third-order valence-electron chi connectivity index (χ3n) is 2.94. The lowest BCUT2D eigenvalue weighted by Gasteiger charge is -2.08. The SMILES string of the molecule is CCCCNC(=O)NS(=O)(=O)c1cccc2c1nnn2C. The Labute approximate surface area is 122 Å². The first kappa shape index (κ1) is 15.2. The smallest absolute Gasteiger partial charge is 0.328 e. The highest BCUT2D eigenvalue weighted by Gasteiger charge is 2.22. The fourth-order valence-corrected chi connectivity index (χ4v) is 2.92. The third-order valence-corrected chi connectivity index (χ3v) is 4.30. The minimum Gasteiger partial charge on any atom is -0.337 e. The summed E-state index contributed by atoms with van der Waals surface area (Å²) in [6, 6.07) is 3.92. The number of carbonyl (C=O) groups excluding carboxylic acids is 1. The molecule has 0 bridgehead atoms. The molecule has 114 valence electrons. The summed E-state index contributed by atoms with van der Waals surface area (Å²) in [4.78, 5) is 11.5. The Morgan fingerprint density at radius 2 is 2.14 bits per heavy atom. The molecular formula is C12H17N5O3S. The zero-order valence-corrected chi connectivity index (χ0v) is 12.6. The summed E-state index contributed by atoms with van der Waals surface area (Å²) in [5.41, 5.74) is 0.804. The van der Waals surface area contributed by atoms with E-state index >= 15 is 0 Å². The van der Waals surface area contributed by atoms with Crippen LogP contribution in [-0.4, -0.2) is 36.0 Å². The van der Waals surface area contributed by atoms with E-state index in [1.807, 2.05) is 11.6 Å². The number of hydrogen-bond acceptors (Lipinski definition) is 5. The molecular weight excluding hydrogens is 294 g/mol. The van der Waals surface area contributed by atoms with E-state index in [9.17, 15) is 13.2 Å². The van der Waals surface area contributed by atoms with Crippen LogP contribution in [0.3, 0.4) is 0 Å². The lowest BCUT2D eigenvalue weighted by atomic mass is 10.3. The molecule has 8 nitrogen and oxygen atoms in total. The summed E-state index contributed by atoms with van der Waals surface area (Å²) in [5.74, 6) is 0. The summed E-state index contributed by atoms with van der Waals surface area (Å²) in [5, 5.41) is 10.1. The predicted molar refractivity (Wildman–Crippen MR) is 77.1 cm³/mol. The van der Waals surface area contributed by atoms with Gasteiger partial charge in [-0.05, 0) is 18.6 Å². The van der Waals surface area contributed by atoms with Crippen LogP contribution in [0.2, 0.25) is 0 Å². The molecule has 0 unspecified atom stereocenters. The number of sulfonamides is 1. The number of benzene rings is 1. The molecule has 0 saturated carbocycles. The van der Waals surface area contributed by atoms with Gasteiger partial charge in [0.05, 0.1) is 5.52 Å². The second kappa shape index (κ2) is 6.08. The zero-order chi connectivity index (χ0) is 15.5. The largest absolute Gasteiger partial charge is 0.337 e. The second-order valence-electron chi connectivity index (χ2n) is 4.55. The van der Waals surface area contributed by atoms with Crippen molar-refractivity contribution < 1.29 is 13.2 Å². The monoisotopic (exact) mass is 311 g/mol. The molecule has 2 amide bonds. The van der Waals surface area contributed by atoms with Gasteiger partial charge in [-0.1, -0.05) is 24.6 Å². The molecule has 0 aliphatic rings. The van der Waals surface area contributed by atoms with Gasteiger partial charge in [-0.2, -0.15) is 0 Å². The van der Waals surface area contributed by atoms with Crippen LogP contribution >= 0.6 is 0 Å². The number of fused-ring (bicyclic) bond motifs is 1. The van der Waals surface area contributed by atoms with Crippen LogP contribution in [0.25, 0.3) is 11.0 Å². The van der Waals surface area contributed by atoms with Gasteiger partial charge in [0.15, 0.2) is 0 Å². The number of carbonyl (C=O) groups is 1. The van der Waals surface area contributed by atoms with Gasteiger partial charge in [0.1, 0.15) is 10.4 Å². The van der Waals surface area contributed by atoms with E-state index in [0.29, 0.717) is 12.1 Å². The number of nitrogens with one attached hydrogen (secondary N) is 2. The second-order valence-corrected chi connectivity index (χ2v) is 6.20. The number of hydrogen-bond donors (Lipinski definition) is 2. The molecule has 2 rings (SSSR count). The standard InChI is InChI=1S/C12H17N5O3S/c1-3-4-8-13-12(18)15-21(19,20)10-7-5-6-9-11(10)14-16-17(9)2/h5-7H,3-4,8H2,1-2H3,(H2,13,15,18). The number of unbranched alkanes of at least 4 members (excludes halogenated alkanes) is 1.